The molecule has 1 rings (SSSR count). The van der Waals surface area contributed by atoms with Crippen LogP contribution in [0.2, 0.25) is 0 Å². The van der Waals surface area contributed by atoms with Gasteiger partial charge in [-0.1, -0.05) is 30.3 Å². The molecule has 0 amide bonds. The maximum atomic E-state index is 11.1. The van der Waals surface area contributed by atoms with E-state index in [0.717, 1.165) is 11.1 Å². The van der Waals surface area contributed by atoms with Crippen LogP contribution in [0, 0.1) is 0 Å². The van der Waals surface area contributed by atoms with Gasteiger partial charge in [0, 0.05) is 6.08 Å². The molecule has 0 saturated carbocycles. The Balaban J connectivity index is 2.29. The maximum Gasteiger partial charge on any atom is 0.330 e. The maximum absolute atomic E-state index is 11.1. The predicted molar refractivity (Wildman–Crippen MR) is 66.5 cm³/mol. The third kappa shape index (κ3) is 5.88. The topological polar surface area (TPSA) is 35.5 Å². The first kappa shape index (κ1) is 13.5. The number of carbonyl (C=O) groups excluding carboxylic acids is 1. The van der Waals surface area contributed by atoms with Crippen LogP contribution in [-0.2, 0) is 20.9 Å². The van der Waals surface area contributed by atoms with Crippen LogP contribution in [-0.4, -0.2) is 19.2 Å². The van der Waals surface area contributed by atoms with Crippen LogP contribution >= 0.6 is 0 Å². The van der Waals surface area contributed by atoms with Gasteiger partial charge in [0.25, 0.3) is 0 Å². The van der Waals surface area contributed by atoms with Crippen LogP contribution in [0.25, 0.3) is 0 Å². The van der Waals surface area contributed by atoms with E-state index in [2.05, 4.69) is 0 Å². The van der Waals surface area contributed by atoms with E-state index in [0.29, 0.717) is 19.8 Å². The standard InChI is InChI=1S/C14H18O3/c1-3-17-14(15)9-12(2)10-16-11-13-7-5-4-6-8-13/h4-9H,3,10-11H2,1-2H3/b12-9-. The SMILES string of the molecule is CCOC(=O)/C=C(/C)COCc1ccccc1. The van der Waals surface area contributed by atoms with E-state index in [1.165, 1.54) is 6.08 Å². The first-order valence-corrected chi connectivity index (χ1v) is 5.68. The fourth-order valence-electron chi connectivity index (χ4n) is 1.33. The number of hydrogen-bond acceptors (Lipinski definition) is 3. The summed E-state index contributed by atoms with van der Waals surface area (Å²) in [5.74, 6) is -0.312. The Morgan fingerprint density at radius 3 is 2.65 bits per heavy atom. The molecule has 0 heterocycles. The fraction of sp³-hybridized carbons (Fsp3) is 0.357. The monoisotopic (exact) mass is 234 g/mol. The van der Waals surface area contributed by atoms with E-state index in [9.17, 15) is 4.79 Å². The van der Waals surface area contributed by atoms with E-state index < -0.39 is 0 Å². The van der Waals surface area contributed by atoms with Crippen LogP contribution in [0.3, 0.4) is 0 Å². The molecule has 0 spiro atoms. The van der Waals surface area contributed by atoms with Crippen molar-refractivity contribution in [3.8, 4) is 0 Å². The van der Waals surface area contributed by atoms with Gasteiger partial charge in [-0.05, 0) is 25.0 Å². The van der Waals surface area contributed by atoms with E-state index >= 15 is 0 Å². The van der Waals surface area contributed by atoms with Crippen molar-refractivity contribution >= 4 is 5.97 Å². The average molecular weight is 234 g/mol. The Hall–Kier alpha value is -1.61. The molecule has 3 nitrogen and oxygen atoms in total. The van der Waals surface area contributed by atoms with Crippen molar-refractivity contribution in [1.82, 2.24) is 0 Å². The van der Waals surface area contributed by atoms with Gasteiger partial charge in [-0.3, -0.25) is 0 Å². The smallest absolute Gasteiger partial charge is 0.330 e. The number of carbonyl (C=O) groups is 1. The van der Waals surface area contributed by atoms with Crippen molar-refractivity contribution in [3.05, 3.63) is 47.5 Å². The first-order chi connectivity index (χ1) is 8.22. The summed E-state index contributed by atoms with van der Waals surface area (Å²) in [5.41, 5.74) is 1.98. The second kappa shape index (κ2) is 7.63. The first-order valence-electron chi connectivity index (χ1n) is 5.68. The van der Waals surface area contributed by atoms with Crippen molar-refractivity contribution < 1.29 is 14.3 Å². The lowest BCUT2D eigenvalue weighted by atomic mass is 10.2. The molecule has 0 unspecified atom stereocenters. The van der Waals surface area contributed by atoms with Crippen molar-refractivity contribution in [2.75, 3.05) is 13.2 Å². The third-order valence-corrected chi connectivity index (χ3v) is 2.09. The normalized spacial score (nSPS) is 11.3. The van der Waals surface area contributed by atoms with Gasteiger partial charge in [-0.15, -0.1) is 0 Å². The molecule has 0 aliphatic rings. The van der Waals surface area contributed by atoms with Crippen LogP contribution in [0.4, 0.5) is 0 Å². The molecule has 17 heavy (non-hydrogen) atoms. The Labute approximate surface area is 102 Å². The second-order valence-electron chi connectivity index (χ2n) is 3.72. The minimum absolute atomic E-state index is 0.312. The minimum atomic E-state index is -0.312. The number of esters is 1. The quantitative estimate of drug-likeness (QED) is 0.561. The predicted octanol–water partition coefficient (Wildman–Crippen LogP) is 2.71. The molecule has 0 aromatic heterocycles. The molecule has 3 heteroatoms. The number of benzene rings is 1. The third-order valence-electron chi connectivity index (χ3n) is 2.09. The van der Waals surface area contributed by atoms with Crippen LogP contribution in [0.15, 0.2) is 42.0 Å². The molecule has 0 radical (unpaired) electrons. The van der Waals surface area contributed by atoms with Crippen molar-refractivity contribution in [3.63, 3.8) is 0 Å². The summed E-state index contributed by atoms with van der Waals surface area (Å²) in [5, 5.41) is 0. The fourth-order valence-corrected chi connectivity index (χ4v) is 1.33. The minimum Gasteiger partial charge on any atom is -0.463 e. The molecule has 92 valence electrons. The average Bonchev–Trinajstić information content (AvgIpc) is 2.30. The largest absolute Gasteiger partial charge is 0.463 e. The molecule has 0 atom stereocenters. The molecule has 0 aliphatic carbocycles. The summed E-state index contributed by atoms with van der Waals surface area (Å²) >= 11 is 0. The number of ether oxygens (including phenoxy) is 2. The van der Waals surface area contributed by atoms with Crippen LogP contribution in [0.1, 0.15) is 19.4 Å². The number of rotatable bonds is 6. The van der Waals surface area contributed by atoms with Gasteiger partial charge in [0.05, 0.1) is 19.8 Å². The zero-order valence-corrected chi connectivity index (χ0v) is 10.3. The summed E-state index contributed by atoms with van der Waals surface area (Å²) in [4.78, 5) is 11.1. The second-order valence-corrected chi connectivity index (χ2v) is 3.72. The molecule has 1 aromatic carbocycles. The van der Waals surface area contributed by atoms with E-state index in [4.69, 9.17) is 9.47 Å². The molecule has 0 saturated heterocycles. The molecule has 0 fully saturated rings. The lowest BCUT2D eigenvalue weighted by Crippen LogP contribution is -2.03. The highest BCUT2D eigenvalue weighted by Gasteiger charge is 1.98. The molecule has 0 aliphatic heterocycles. The van der Waals surface area contributed by atoms with E-state index in [1.54, 1.807) is 6.92 Å². The van der Waals surface area contributed by atoms with Gasteiger partial charge in [0.15, 0.2) is 0 Å². The zero-order valence-electron chi connectivity index (χ0n) is 10.3. The van der Waals surface area contributed by atoms with Gasteiger partial charge in [-0.25, -0.2) is 4.79 Å². The van der Waals surface area contributed by atoms with Gasteiger partial charge < -0.3 is 9.47 Å². The summed E-state index contributed by atoms with van der Waals surface area (Å²) in [6.07, 6.45) is 1.47. The van der Waals surface area contributed by atoms with Gasteiger partial charge in [0.1, 0.15) is 0 Å². The lowest BCUT2D eigenvalue weighted by Gasteiger charge is -2.04. The van der Waals surface area contributed by atoms with E-state index in [1.807, 2.05) is 37.3 Å². The summed E-state index contributed by atoms with van der Waals surface area (Å²) in [6.45, 7) is 5.02. The molecule has 0 N–H and O–H groups in total. The highest BCUT2D eigenvalue weighted by Crippen LogP contribution is 2.02. The molecular formula is C14H18O3. The van der Waals surface area contributed by atoms with Gasteiger partial charge in [-0.2, -0.15) is 0 Å². The van der Waals surface area contributed by atoms with Crippen molar-refractivity contribution in [1.29, 1.82) is 0 Å². The Morgan fingerprint density at radius 2 is 2.00 bits per heavy atom. The van der Waals surface area contributed by atoms with Crippen LogP contribution < -0.4 is 0 Å². The molecule has 0 bridgehead atoms. The highest BCUT2D eigenvalue weighted by atomic mass is 16.5. The molecule has 1 aromatic rings. The zero-order chi connectivity index (χ0) is 12.5. The Morgan fingerprint density at radius 1 is 1.29 bits per heavy atom. The molecular weight excluding hydrogens is 216 g/mol. The summed E-state index contributed by atoms with van der Waals surface area (Å²) in [7, 11) is 0. The Bertz CT molecular complexity index is 368. The van der Waals surface area contributed by atoms with E-state index in [-0.39, 0.29) is 5.97 Å². The van der Waals surface area contributed by atoms with Crippen molar-refractivity contribution in [2.24, 2.45) is 0 Å². The lowest BCUT2D eigenvalue weighted by molar-refractivity contribution is -0.137. The summed E-state index contributed by atoms with van der Waals surface area (Å²) < 4.78 is 10.3. The van der Waals surface area contributed by atoms with Gasteiger partial charge >= 0.3 is 5.97 Å². The van der Waals surface area contributed by atoms with Gasteiger partial charge in [0.2, 0.25) is 0 Å². The number of hydrogen-bond donors (Lipinski definition) is 0. The highest BCUT2D eigenvalue weighted by molar-refractivity contribution is 5.82. The Kier molecular flexibility index (Phi) is 6.04. The summed E-state index contributed by atoms with van der Waals surface area (Å²) in [6, 6.07) is 9.92. The van der Waals surface area contributed by atoms with Crippen LogP contribution in [0.5, 0.6) is 0 Å². The van der Waals surface area contributed by atoms with Crippen molar-refractivity contribution in [2.45, 2.75) is 20.5 Å².